The van der Waals surface area contributed by atoms with Crippen LogP contribution >= 0.6 is 22.6 Å². The van der Waals surface area contributed by atoms with Crippen molar-refractivity contribution in [1.29, 1.82) is 0 Å². The van der Waals surface area contributed by atoms with Gasteiger partial charge in [-0.25, -0.2) is 13.1 Å². The summed E-state index contributed by atoms with van der Waals surface area (Å²) in [5.41, 5.74) is 1.82. The summed E-state index contributed by atoms with van der Waals surface area (Å²) in [5.74, 6) is -0.326. The number of nitrogens with one attached hydrogen (secondary N) is 2. The molecule has 7 heteroatoms. The summed E-state index contributed by atoms with van der Waals surface area (Å²) in [4.78, 5) is 12.2. The zero-order chi connectivity index (χ0) is 17.6. The highest BCUT2D eigenvalue weighted by atomic mass is 127. The van der Waals surface area contributed by atoms with Gasteiger partial charge in [0.1, 0.15) is 0 Å². The van der Waals surface area contributed by atoms with Gasteiger partial charge in [0.05, 0.1) is 5.75 Å². The van der Waals surface area contributed by atoms with Gasteiger partial charge < -0.3 is 5.32 Å². The van der Waals surface area contributed by atoms with Crippen molar-refractivity contribution in [1.82, 2.24) is 4.72 Å². The van der Waals surface area contributed by atoms with E-state index >= 15 is 0 Å². The van der Waals surface area contributed by atoms with Crippen LogP contribution in [0.15, 0.2) is 61.2 Å². The maximum Gasteiger partial charge on any atom is 0.255 e. The van der Waals surface area contributed by atoms with Crippen LogP contribution in [0.4, 0.5) is 5.69 Å². The Morgan fingerprint density at radius 1 is 1.17 bits per heavy atom. The number of sulfonamides is 1. The molecule has 0 spiro atoms. The first-order valence-electron chi connectivity index (χ1n) is 7.14. The SMILES string of the molecule is C=CCNS(=O)(=O)Cc1ccc(NC(=O)c2cccc(I)c2)cc1. The minimum atomic E-state index is -3.39. The second-order valence-corrected chi connectivity index (χ2v) is 8.11. The van der Waals surface area contributed by atoms with E-state index in [1.807, 2.05) is 12.1 Å². The lowest BCUT2D eigenvalue weighted by atomic mass is 10.2. The Kier molecular flexibility index (Phi) is 6.52. The summed E-state index contributed by atoms with van der Waals surface area (Å²) in [6.07, 6.45) is 1.49. The van der Waals surface area contributed by atoms with Gasteiger partial charge in [-0.3, -0.25) is 4.79 Å². The van der Waals surface area contributed by atoms with Gasteiger partial charge >= 0.3 is 0 Å². The van der Waals surface area contributed by atoms with Crippen LogP contribution < -0.4 is 10.0 Å². The number of carbonyl (C=O) groups excluding carboxylic acids is 1. The van der Waals surface area contributed by atoms with E-state index < -0.39 is 10.0 Å². The van der Waals surface area contributed by atoms with Crippen LogP contribution in [-0.2, 0) is 15.8 Å². The van der Waals surface area contributed by atoms with Crippen molar-refractivity contribution in [2.24, 2.45) is 0 Å². The normalized spacial score (nSPS) is 11.0. The molecule has 24 heavy (non-hydrogen) atoms. The van der Waals surface area contributed by atoms with Crippen molar-refractivity contribution in [2.75, 3.05) is 11.9 Å². The van der Waals surface area contributed by atoms with Crippen molar-refractivity contribution in [2.45, 2.75) is 5.75 Å². The number of benzene rings is 2. The molecule has 0 aromatic heterocycles. The number of amides is 1. The number of hydrogen-bond donors (Lipinski definition) is 2. The fraction of sp³-hybridized carbons (Fsp3) is 0.118. The monoisotopic (exact) mass is 456 g/mol. The van der Waals surface area contributed by atoms with E-state index in [1.54, 1.807) is 36.4 Å². The molecule has 0 saturated carbocycles. The number of halogens is 1. The number of hydrogen-bond acceptors (Lipinski definition) is 3. The fourth-order valence-electron chi connectivity index (χ4n) is 1.97. The lowest BCUT2D eigenvalue weighted by Crippen LogP contribution is -2.25. The van der Waals surface area contributed by atoms with Crippen LogP contribution in [-0.4, -0.2) is 20.9 Å². The van der Waals surface area contributed by atoms with Crippen LogP contribution in [0.1, 0.15) is 15.9 Å². The molecule has 2 aromatic carbocycles. The highest BCUT2D eigenvalue weighted by molar-refractivity contribution is 14.1. The maximum atomic E-state index is 12.2. The van der Waals surface area contributed by atoms with Gasteiger partial charge in [0.25, 0.3) is 5.91 Å². The number of rotatable bonds is 7. The Hall–Kier alpha value is -1.71. The second-order valence-electron chi connectivity index (χ2n) is 5.06. The highest BCUT2D eigenvalue weighted by Crippen LogP contribution is 2.14. The van der Waals surface area contributed by atoms with Crippen LogP contribution in [0.5, 0.6) is 0 Å². The average Bonchev–Trinajstić information content (AvgIpc) is 2.54. The van der Waals surface area contributed by atoms with Crippen LogP contribution in [0, 0.1) is 3.57 Å². The van der Waals surface area contributed by atoms with Crippen molar-refractivity contribution < 1.29 is 13.2 Å². The third-order valence-corrected chi connectivity index (χ3v) is 5.09. The summed E-state index contributed by atoms with van der Waals surface area (Å²) in [6.45, 7) is 3.67. The standard InChI is InChI=1S/C17H17IN2O3S/c1-2-10-19-24(22,23)12-13-6-8-16(9-7-13)20-17(21)14-4-3-5-15(18)11-14/h2-9,11,19H,1,10,12H2,(H,20,21). The molecular weight excluding hydrogens is 439 g/mol. The predicted octanol–water partition coefficient (Wildman–Crippen LogP) is 3.15. The van der Waals surface area contributed by atoms with Crippen LogP contribution in [0.25, 0.3) is 0 Å². The minimum absolute atomic E-state index is 0.119. The summed E-state index contributed by atoms with van der Waals surface area (Å²) >= 11 is 2.15. The van der Waals surface area contributed by atoms with Crippen molar-refractivity contribution in [3.63, 3.8) is 0 Å². The molecule has 0 atom stereocenters. The fourth-order valence-corrected chi connectivity index (χ4v) is 3.62. The van der Waals surface area contributed by atoms with Crippen molar-refractivity contribution >= 4 is 44.2 Å². The van der Waals surface area contributed by atoms with Crippen LogP contribution in [0.3, 0.4) is 0 Å². The van der Waals surface area contributed by atoms with Crippen molar-refractivity contribution in [3.05, 3.63) is 75.9 Å². The van der Waals surface area contributed by atoms with E-state index in [1.165, 1.54) is 6.08 Å². The molecule has 0 unspecified atom stereocenters. The molecule has 0 bridgehead atoms. The topological polar surface area (TPSA) is 75.3 Å². The van der Waals surface area contributed by atoms with E-state index in [0.717, 1.165) is 3.57 Å². The maximum absolute atomic E-state index is 12.2. The molecule has 2 rings (SSSR count). The van der Waals surface area contributed by atoms with Crippen molar-refractivity contribution in [3.8, 4) is 0 Å². The molecule has 2 aromatic rings. The quantitative estimate of drug-likeness (QED) is 0.497. The van der Waals surface area contributed by atoms with E-state index in [-0.39, 0.29) is 18.2 Å². The molecule has 0 fully saturated rings. The van der Waals surface area contributed by atoms with E-state index in [0.29, 0.717) is 16.8 Å². The first kappa shape index (κ1) is 18.6. The zero-order valence-electron chi connectivity index (χ0n) is 12.8. The van der Waals surface area contributed by atoms with E-state index in [9.17, 15) is 13.2 Å². The molecule has 2 N–H and O–H groups in total. The van der Waals surface area contributed by atoms with Gasteiger partial charge in [0, 0.05) is 21.4 Å². The average molecular weight is 456 g/mol. The molecule has 0 aliphatic heterocycles. The largest absolute Gasteiger partial charge is 0.322 e. The first-order valence-corrected chi connectivity index (χ1v) is 9.87. The molecular formula is C17H17IN2O3S. The Bertz CT molecular complexity index is 833. The predicted molar refractivity (Wildman–Crippen MR) is 104 cm³/mol. The first-order chi connectivity index (χ1) is 11.4. The molecule has 0 heterocycles. The van der Waals surface area contributed by atoms with Gasteiger partial charge in [0.2, 0.25) is 10.0 Å². The zero-order valence-corrected chi connectivity index (χ0v) is 15.8. The molecule has 1 amide bonds. The van der Waals surface area contributed by atoms with Gasteiger partial charge in [0.15, 0.2) is 0 Å². The third kappa shape index (κ3) is 5.73. The minimum Gasteiger partial charge on any atom is -0.322 e. The molecule has 0 aliphatic carbocycles. The lowest BCUT2D eigenvalue weighted by Gasteiger charge is -2.08. The molecule has 0 saturated heterocycles. The summed E-state index contributed by atoms with van der Waals surface area (Å²) in [5, 5.41) is 2.79. The van der Waals surface area contributed by atoms with Gasteiger partial charge in [-0.15, -0.1) is 6.58 Å². The van der Waals surface area contributed by atoms with Gasteiger partial charge in [-0.05, 0) is 58.5 Å². The number of carbonyl (C=O) groups is 1. The summed E-state index contributed by atoms with van der Waals surface area (Å²) in [6, 6.07) is 14.0. The molecule has 5 nitrogen and oxygen atoms in total. The summed E-state index contributed by atoms with van der Waals surface area (Å²) in [7, 11) is -3.39. The van der Waals surface area contributed by atoms with Gasteiger partial charge in [-0.2, -0.15) is 0 Å². The molecule has 126 valence electrons. The Morgan fingerprint density at radius 2 is 1.88 bits per heavy atom. The molecule has 0 radical (unpaired) electrons. The Balaban J connectivity index is 2.02. The molecule has 0 aliphatic rings. The highest BCUT2D eigenvalue weighted by Gasteiger charge is 2.11. The van der Waals surface area contributed by atoms with Crippen LogP contribution in [0.2, 0.25) is 0 Å². The number of anilines is 1. The third-order valence-electron chi connectivity index (χ3n) is 3.10. The van der Waals surface area contributed by atoms with E-state index in [4.69, 9.17) is 0 Å². The lowest BCUT2D eigenvalue weighted by molar-refractivity contribution is 0.102. The Labute approximate surface area is 155 Å². The smallest absolute Gasteiger partial charge is 0.255 e. The summed E-state index contributed by atoms with van der Waals surface area (Å²) < 4.78 is 27.0. The second kappa shape index (κ2) is 8.41. The van der Waals surface area contributed by atoms with E-state index in [2.05, 4.69) is 39.2 Å². The van der Waals surface area contributed by atoms with Gasteiger partial charge in [-0.1, -0.05) is 24.3 Å². The Morgan fingerprint density at radius 3 is 2.50 bits per heavy atom.